The quantitative estimate of drug-likeness (QED) is 0.470. The predicted molar refractivity (Wildman–Crippen MR) is 47.1 cm³/mol. The van der Waals surface area contributed by atoms with Crippen LogP contribution in [-0.2, 0) is 9.59 Å². The van der Waals surface area contributed by atoms with Crippen LogP contribution in [0.4, 0.5) is 0 Å². The second kappa shape index (κ2) is 3.05. The number of ketones is 2. The Hall–Kier alpha value is -1.58. The molecule has 0 aromatic carbocycles. The minimum atomic E-state index is -0.636. The summed E-state index contributed by atoms with van der Waals surface area (Å²) in [5.74, 6) is -1.34. The van der Waals surface area contributed by atoms with E-state index in [9.17, 15) is 14.7 Å². The van der Waals surface area contributed by atoms with E-state index in [1.807, 2.05) is 0 Å². The molecule has 0 spiro atoms. The van der Waals surface area contributed by atoms with Gasteiger partial charge in [0.25, 0.3) is 0 Å². The molecule has 0 bridgehead atoms. The molecule has 1 N–H and O–H groups in total. The molecule has 0 aliphatic heterocycles. The van der Waals surface area contributed by atoms with Crippen molar-refractivity contribution in [2.75, 3.05) is 14.1 Å². The number of aliphatic hydroxyl groups excluding tert-OH is 1. The molecule has 0 atom stereocenters. The van der Waals surface area contributed by atoms with E-state index in [4.69, 9.17) is 0 Å². The van der Waals surface area contributed by atoms with Crippen molar-refractivity contribution in [2.45, 2.75) is 6.92 Å². The molecule has 0 amide bonds. The largest absolute Gasteiger partial charge is 0.505 e. The topological polar surface area (TPSA) is 57.6 Å². The van der Waals surface area contributed by atoms with Gasteiger partial charge in [-0.3, -0.25) is 9.59 Å². The van der Waals surface area contributed by atoms with Crippen LogP contribution in [0.1, 0.15) is 6.92 Å². The lowest BCUT2D eigenvalue weighted by molar-refractivity contribution is -0.131. The molecule has 0 radical (unpaired) electrons. The Morgan fingerprint density at radius 3 is 2.31 bits per heavy atom. The summed E-state index contributed by atoms with van der Waals surface area (Å²) in [7, 11) is 3.39. The molecule has 1 rings (SSSR count). The van der Waals surface area contributed by atoms with Crippen LogP contribution in [0.15, 0.2) is 23.1 Å². The van der Waals surface area contributed by atoms with Gasteiger partial charge in [-0.1, -0.05) is 0 Å². The van der Waals surface area contributed by atoms with Crippen LogP contribution >= 0.6 is 0 Å². The average molecular weight is 181 g/mol. The third kappa shape index (κ3) is 1.47. The molecule has 0 aromatic heterocycles. The third-order valence-electron chi connectivity index (χ3n) is 1.91. The molecule has 70 valence electrons. The van der Waals surface area contributed by atoms with Crippen molar-refractivity contribution in [3.05, 3.63) is 23.1 Å². The molecule has 0 saturated carbocycles. The number of hydrogen-bond donors (Lipinski definition) is 1. The number of rotatable bonds is 1. The van der Waals surface area contributed by atoms with Gasteiger partial charge in [0.05, 0.1) is 5.70 Å². The van der Waals surface area contributed by atoms with Crippen molar-refractivity contribution >= 4 is 11.6 Å². The van der Waals surface area contributed by atoms with E-state index in [1.165, 1.54) is 6.92 Å². The van der Waals surface area contributed by atoms with Gasteiger partial charge in [0.2, 0.25) is 11.6 Å². The summed E-state index contributed by atoms with van der Waals surface area (Å²) in [6.07, 6.45) is 1.14. The highest BCUT2D eigenvalue weighted by atomic mass is 16.3. The molecule has 4 nitrogen and oxygen atoms in total. The van der Waals surface area contributed by atoms with Crippen LogP contribution in [0.3, 0.4) is 0 Å². The lowest BCUT2D eigenvalue weighted by atomic mass is 10.00. The van der Waals surface area contributed by atoms with Gasteiger partial charge in [-0.25, -0.2) is 0 Å². The second-order valence-corrected chi connectivity index (χ2v) is 3.09. The van der Waals surface area contributed by atoms with Gasteiger partial charge in [0.1, 0.15) is 5.76 Å². The number of Topliss-reactive ketones (excluding diaryl/α,β-unsaturated/α-hetero) is 1. The highest BCUT2D eigenvalue weighted by Crippen LogP contribution is 2.19. The number of hydrogen-bond acceptors (Lipinski definition) is 4. The lowest BCUT2D eigenvalue weighted by Gasteiger charge is -2.20. The number of nitrogens with zero attached hydrogens (tertiary/aromatic N) is 1. The Balaban J connectivity index is 3.21. The van der Waals surface area contributed by atoms with E-state index in [-0.39, 0.29) is 11.3 Å². The first-order valence-electron chi connectivity index (χ1n) is 3.83. The first-order chi connectivity index (χ1) is 5.95. The van der Waals surface area contributed by atoms with E-state index in [0.29, 0.717) is 5.70 Å². The van der Waals surface area contributed by atoms with Crippen molar-refractivity contribution < 1.29 is 14.7 Å². The number of allylic oxidation sites excluding steroid dienone is 2. The Kier molecular flexibility index (Phi) is 2.23. The van der Waals surface area contributed by atoms with Gasteiger partial charge in [0.15, 0.2) is 0 Å². The number of aliphatic hydroxyl groups is 1. The maximum absolute atomic E-state index is 11.1. The van der Waals surface area contributed by atoms with Crippen molar-refractivity contribution in [3.8, 4) is 0 Å². The molecule has 4 heteroatoms. The second-order valence-electron chi connectivity index (χ2n) is 3.09. The van der Waals surface area contributed by atoms with Gasteiger partial charge in [-0.15, -0.1) is 0 Å². The minimum absolute atomic E-state index is 0.108. The monoisotopic (exact) mass is 181 g/mol. The van der Waals surface area contributed by atoms with Crippen molar-refractivity contribution in [2.24, 2.45) is 0 Å². The summed E-state index contributed by atoms with van der Waals surface area (Å²) >= 11 is 0. The zero-order chi connectivity index (χ0) is 10.2. The van der Waals surface area contributed by atoms with Crippen LogP contribution in [0.5, 0.6) is 0 Å². The summed E-state index contributed by atoms with van der Waals surface area (Å²) in [6, 6.07) is 0. The molecule has 0 saturated heterocycles. The fraction of sp³-hybridized carbons (Fsp3) is 0.333. The van der Waals surface area contributed by atoms with Crippen LogP contribution in [-0.4, -0.2) is 35.7 Å². The fourth-order valence-corrected chi connectivity index (χ4v) is 1.08. The van der Waals surface area contributed by atoms with Gasteiger partial charge in [-0.05, 0) is 6.92 Å². The Morgan fingerprint density at radius 1 is 1.31 bits per heavy atom. The summed E-state index contributed by atoms with van der Waals surface area (Å²) in [5, 5.41) is 9.49. The van der Waals surface area contributed by atoms with E-state index >= 15 is 0 Å². The zero-order valence-electron chi connectivity index (χ0n) is 7.79. The Morgan fingerprint density at radius 2 is 1.85 bits per heavy atom. The third-order valence-corrected chi connectivity index (χ3v) is 1.91. The Bertz CT molecular complexity index is 337. The normalized spacial score (nSPS) is 17.6. The summed E-state index contributed by atoms with van der Waals surface area (Å²) in [4.78, 5) is 23.7. The Labute approximate surface area is 76.2 Å². The number of carbonyl (C=O) groups is 2. The smallest absolute Gasteiger partial charge is 0.232 e. The molecule has 0 fully saturated rings. The molecule has 1 aliphatic carbocycles. The molecule has 1 aliphatic rings. The molecular formula is C9H11NO3. The summed E-state index contributed by atoms with van der Waals surface area (Å²) in [6.45, 7) is 1.44. The molecule has 13 heavy (non-hydrogen) atoms. The van der Waals surface area contributed by atoms with Crippen LogP contribution in [0.25, 0.3) is 0 Å². The van der Waals surface area contributed by atoms with Crippen molar-refractivity contribution in [1.82, 2.24) is 4.90 Å². The predicted octanol–water partition coefficient (Wildman–Crippen LogP) is 0.416. The zero-order valence-corrected chi connectivity index (χ0v) is 7.79. The van der Waals surface area contributed by atoms with Crippen LogP contribution in [0.2, 0.25) is 0 Å². The highest BCUT2D eigenvalue weighted by Gasteiger charge is 2.26. The maximum atomic E-state index is 11.1. The number of carbonyl (C=O) groups excluding carboxylic acids is 2. The fourth-order valence-electron chi connectivity index (χ4n) is 1.08. The van der Waals surface area contributed by atoms with Crippen molar-refractivity contribution in [1.29, 1.82) is 0 Å². The van der Waals surface area contributed by atoms with Gasteiger partial charge in [-0.2, -0.15) is 0 Å². The average Bonchev–Trinajstić information content (AvgIpc) is 2.07. The first-order valence-corrected chi connectivity index (χ1v) is 3.83. The van der Waals surface area contributed by atoms with E-state index in [2.05, 4.69) is 0 Å². The molecule has 0 aromatic rings. The van der Waals surface area contributed by atoms with Gasteiger partial charge < -0.3 is 10.0 Å². The van der Waals surface area contributed by atoms with E-state index < -0.39 is 11.6 Å². The molecular weight excluding hydrogens is 170 g/mol. The minimum Gasteiger partial charge on any atom is -0.505 e. The SMILES string of the molecule is CC1=C(O)C(N(C)C)=CC(=O)C1=O. The van der Waals surface area contributed by atoms with Crippen LogP contribution in [0, 0.1) is 0 Å². The van der Waals surface area contributed by atoms with E-state index in [0.717, 1.165) is 6.08 Å². The number of likely N-dealkylation sites (N-methyl/N-ethyl adjacent to an activating group) is 1. The molecule has 0 unspecified atom stereocenters. The molecule has 0 heterocycles. The maximum Gasteiger partial charge on any atom is 0.232 e. The lowest BCUT2D eigenvalue weighted by Crippen LogP contribution is -2.25. The summed E-state index contributed by atoms with van der Waals surface area (Å²) < 4.78 is 0. The first kappa shape index (κ1) is 9.51. The van der Waals surface area contributed by atoms with Crippen LogP contribution < -0.4 is 0 Å². The summed E-state index contributed by atoms with van der Waals surface area (Å²) in [5.41, 5.74) is 0.485. The van der Waals surface area contributed by atoms with E-state index in [1.54, 1.807) is 19.0 Å². The van der Waals surface area contributed by atoms with Gasteiger partial charge >= 0.3 is 0 Å². The van der Waals surface area contributed by atoms with Crippen molar-refractivity contribution in [3.63, 3.8) is 0 Å². The van der Waals surface area contributed by atoms with Gasteiger partial charge in [0, 0.05) is 25.7 Å². The standard InChI is InChI=1S/C9H11NO3/c1-5-8(12)6(10(2)3)4-7(11)9(5)13/h4,12H,1-3H3. The highest BCUT2D eigenvalue weighted by molar-refractivity contribution is 6.48.